The molecule has 0 saturated carbocycles. The minimum absolute atomic E-state index is 0.0289. The summed E-state index contributed by atoms with van der Waals surface area (Å²) in [6, 6.07) is 16.5. The summed E-state index contributed by atoms with van der Waals surface area (Å²) in [4.78, 5) is 9.59. The Balaban J connectivity index is 1.49. The quantitative estimate of drug-likeness (QED) is 0.440. The first-order chi connectivity index (χ1) is 15.7. The number of hydrogen-bond acceptors (Lipinski definition) is 6. The van der Waals surface area contributed by atoms with Crippen molar-refractivity contribution in [1.82, 2.24) is 24.3 Å². The van der Waals surface area contributed by atoms with Crippen LogP contribution >= 0.6 is 0 Å². The van der Waals surface area contributed by atoms with E-state index in [9.17, 15) is 0 Å². The van der Waals surface area contributed by atoms with E-state index in [1.54, 1.807) is 7.11 Å². The van der Waals surface area contributed by atoms with Crippen molar-refractivity contribution in [3.63, 3.8) is 0 Å². The molecule has 0 fully saturated rings. The number of methoxy groups -OCH3 is 1. The van der Waals surface area contributed by atoms with Gasteiger partial charge < -0.3 is 14.0 Å². The number of fused-ring (bicyclic) bond motifs is 5. The molecule has 2 aliphatic heterocycles. The number of imidazole rings is 1. The Hall–Kier alpha value is -3.78. The minimum Gasteiger partial charge on any atom is -0.474 e. The molecule has 0 saturated heterocycles. The Morgan fingerprint density at radius 1 is 1.12 bits per heavy atom. The van der Waals surface area contributed by atoms with Crippen LogP contribution in [0.1, 0.15) is 34.4 Å². The van der Waals surface area contributed by atoms with Gasteiger partial charge in [0.15, 0.2) is 11.6 Å². The number of aryl methyl sites for hydroxylation is 1. The van der Waals surface area contributed by atoms with Gasteiger partial charge in [-0.15, -0.1) is 10.2 Å². The molecule has 6 rings (SSSR count). The monoisotopic (exact) mass is 426 g/mol. The van der Waals surface area contributed by atoms with Crippen molar-refractivity contribution in [2.45, 2.75) is 26.1 Å². The normalized spacial score (nSPS) is 16.6. The summed E-state index contributed by atoms with van der Waals surface area (Å²) in [6.07, 6.45) is 1.84. The van der Waals surface area contributed by atoms with Gasteiger partial charge in [0.2, 0.25) is 5.90 Å². The van der Waals surface area contributed by atoms with Gasteiger partial charge in [-0.1, -0.05) is 42.0 Å². The third kappa shape index (κ3) is 2.95. The summed E-state index contributed by atoms with van der Waals surface area (Å²) in [5.74, 6) is 2.17. The Bertz CT molecular complexity index is 1340. The lowest BCUT2D eigenvalue weighted by Crippen LogP contribution is -2.13. The lowest BCUT2D eigenvalue weighted by Gasteiger charge is -2.09. The van der Waals surface area contributed by atoms with E-state index < -0.39 is 0 Å². The van der Waals surface area contributed by atoms with Crippen LogP contribution in [0.4, 0.5) is 0 Å². The molecule has 0 radical (unpaired) electrons. The van der Waals surface area contributed by atoms with Crippen LogP contribution in [0.25, 0.3) is 17.1 Å². The maximum Gasteiger partial charge on any atom is 0.238 e. The lowest BCUT2D eigenvalue weighted by atomic mass is 10.1. The zero-order chi connectivity index (χ0) is 21.7. The molecular formula is C24H22N6O2. The fourth-order valence-corrected chi connectivity index (χ4v) is 4.39. The molecule has 8 heteroatoms. The summed E-state index contributed by atoms with van der Waals surface area (Å²) >= 11 is 0. The third-order valence-electron chi connectivity index (χ3n) is 5.97. The molecule has 0 aliphatic carbocycles. The topological polar surface area (TPSA) is 79.3 Å². The van der Waals surface area contributed by atoms with Crippen LogP contribution in [0, 0.1) is 6.92 Å². The highest BCUT2D eigenvalue weighted by atomic mass is 16.5. The molecule has 0 spiro atoms. The molecule has 160 valence electrons. The maximum absolute atomic E-state index is 6.03. The second kappa shape index (κ2) is 7.42. The van der Waals surface area contributed by atoms with Crippen molar-refractivity contribution in [1.29, 1.82) is 0 Å². The molecule has 2 aliphatic rings. The predicted octanol–water partition coefficient (Wildman–Crippen LogP) is 3.47. The van der Waals surface area contributed by atoms with E-state index in [2.05, 4.69) is 56.6 Å². The Morgan fingerprint density at radius 2 is 2.00 bits per heavy atom. The zero-order valence-corrected chi connectivity index (χ0v) is 17.9. The van der Waals surface area contributed by atoms with Gasteiger partial charge in [-0.05, 0) is 24.6 Å². The van der Waals surface area contributed by atoms with Gasteiger partial charge >= 0.3 is 0 Å². The molecule has 4 aromatic rings. The SMILES string of the molecule is COCc1nnc2n1Cc1c(C3=N[C@@H](c4ccccc4)CO3)ncn1-c1ccc(C)cc1-2. The largest absolute Gasteiger partial charge is 0.474 e. The molecule has 1 atom stereocenters. The van der Waals surface area contributed by atoms with E-state index in [1.165, 1.54) is 0 Å². The van der Waals surface area contributed by atoms with Gasteiger partial charge in [0.05, 0.1) is 17.9 Å². The van der Waals surface area contributed by atoms with Crippen LogP contribution in [0.2, 0.25) is 0 Å². The Morgan fingerprint density at radius 3 is 2.84 bits per heavy atom. The van der Waals surface area contributed by atoms with Gasteiger partial charge in [0, 0.05) is 12.7 Å². The highest BCUT2D eigenvalue weighted by molar-refractivity contribution is 5.95. The van der Waals surface area contributed by atoms with Gasteiger partial charge in [0.1, 0.15) is 31.3 Å². The second-order valence-electron chi connectivity index (χ2n) is 8.06. The van der Waals surface area contributed by atoms with Crippen molar-refractivity contribution in [3.8, 4) is 17.1 Å². The first-order valence-electron chi connectivity index (χ1n) is 10.6. The smallest absolute Gasteiger partial charge is 0.238 e. The fraction of sp³-hybridized carbons (Fsp3) is 0.250. The first-order valence-corrected chi connectivity index (χ1v) is 10.6. The molecule has 0 amide bonds. The molecule has 0 unspecified atom stereocenters. The lowest BCUT2D eigenvalue weighted by molar-refractivity contribution is 0.174. The number of ether oxygens (including phenoxy) is 2. The van der Waals surface area contributed by atoms with E-state index >= 15 is 0 Å². The molecule has 8 nitrogen and oxygen atoms in total. The van der Waals surface area contributed by atoms with Crippen LogP contribution in [-0.2, 0) is 22.6 Å². The standard InChI is InChI=1S/C24H22N6O2/c1-15-8-9-19-17(10-15)23-28-27-21(13-31-2)29(23)11-20-22(25-14-30(19)20)24-26-18(12-32-24)16-6-4-3-5-7-16/h3-10,14,18H,11-13H2,1-2H3/t18-/m1/s1. The summed E-state index contributed by atoms with van der Waals surface area (Å²) in [6.45, 7) is 3.51. The molecule has 4 heterocycles. The average molecular weight is 426 g/mol. The number of rotatable bonds is 4. The summed E-state index contributed by atoms with van der Waals surface area (Å²) in [7, 11) is 1.66. The fourth-order valence-electron chi connectivity index (χ4n) is 4.39. The number of aromatic nitrogens is 5. The van der Waals surface area contributed by atoms with Crippen LogP contribution in [-0.4, -0.2) is 43.9 Å². The van der Waals surface area contributed by atoms with Crippen LogP contribution < -0.4 is 0 Å². The van der Waals surface area contributed by atoms with Crippen molar-refractivity contribution in [2.75, 3.05) is 13.7 Å². The van der Waals surface area contributed by atoms with E-state index in [0.717, 1.165) is 45.4 Å². The van der Waals surface area contributed by atoms with Crippen molar-refractivity contribution < 1.29 is 9.47 Å². The highest BCUT2D eigenvalue weighted by Gasteiger charge is 2.30. The van der Waals surface area contributed by atoms with Crippen molar-refractivity contribution in [3.05, 3.63) is 83.2 Å². The Labute approximate surface area is 185 Å². The predicted molar refractivity (Wildman–Crippen MR) is 119 cm³/mol. The van der Waals surface area contributed by atoms with E-state index in [4.69, 9.17) is 19.5 Å². The maximum atomic E-state index is 6.03. The summed E-state index contributed by atoms with van der Waals surface area (Å²) < 4.78 is 15.6. The zero-order valence-electron chi connectivity index (χ0n) is 17.9. The number of aliphatic imine (C=N–C) groups is 1. The van der Waals surface area contributed by atoms with Crippen molar-refractivity contribution >= 4 is 5.90 Å². The molecule has 32 heavy (non-hydrogen) atoms. The second-order valence-corrected chi connectivity index (χ2v) is 8.06. The van der Waals surface area contributed by atoms with Gasteiger partial charge in [0.25, 0.3) is 0 Å². The van der Waals surface area contributed by atoms with Crippen LogP contribution in [0.3, 0.4) is 0 Å². The number of benzene rings is 2. The van der Waals surface area contributed by atoms with Crippen LogP contribution in [0.5, 0.6) is 0 Å². The van der Waals surface area contributed by atoms with E-state index in [-0.39, 0.29) is 6.04 Å². The minimum atomic E-state index is -0.0289. The highest BCUT2D eigenvalue weighted by Crippen LogP contribution is 2.34. The molecular weight excluding hydrogens is 404 g/mol. The molecule has 2 aromatic carbocycles. The van der Waals surface area contributed by atoms with E-state index in [0.29, 0.717) is 25.7 Å². The number of nitrogens with zero attached hydrogens (tertiary/aromatic N) is 6. The molecule has 0 N–H and O–H groups in total. The first kappa shape index (κ1) is 18.9. The number of hydrogen-bond donors (Lipinski definition) is 0. The molecule has 2 aromatic heterocycles. The van der Waals surface area contributed by atoms with Gasteiger partial charge in [-0.3, -0.25) is 4.57 Å². The van der Waals surface area contributed by atoms with Crippen LogP contribution in [0.15, 0.2) is 59.9 Å². The molecule has 0 bridgehead atoms. The Kier molecular flexibility index (Phi) is 4.39. The van der Waals surface area contributed by atoms with Crippen molar-refractivity contribution in [2.24, 2.45) is 4.99 Å². The van der Waals surface area contributed by atoms with Gasteiger partial charge in [-0.25, -0.2) is 9.98 Å². The van der Waals surface area contributed by atoms with Gasteiger partial charge in [-0.2, -0.15) is 0 Å². The summed E-state index contributed by atoms with van der Waals surface area (Å²) in [5.41, 5.74) is 6.05. The average Bonchev–Trinajstić information content (AvgIpc) is 3.53. The third-order valence-corrected chi connectivity index (χ3v) is 5.97. The van der Waals surface area contributed by atoms with E-state index in [1.807, 2.05) is 24.5 Å². The summed E-state index contributed by atoms with van der Waals surface area (Å²) in [5, 5.41) is 8.89.